The molecule has 1 aliphatic rings. The number of nitro benzene ring substituents is 1. The first kappa shape index (κ1) is 19.3. The number of non-ortho nitro benzene ring substituents is 1. The molecule has 9 N–H and O–H groups in total. The molecular formula is C11H14N2O12. The third-order valence-electron chi connectivity index (χ3n) is 3.40. The number of hydrogen-bond donors (Lipinski definition) is 9. The first-order valence-corrected chi connectivity index (χ1v) is 6.36. The summed E-state index contributed by atoms with van der Waals surface area (Å²) in [5.41, 5.74) is -1.95. The van der Waals surface area contributed by atoms with E-state index in [1.165, 1.54) is 0 Å². The first-order chi connectivity index (χ1) is 11.2. The number of ether oxygens (including phenoxy) is 1. The highest BCUT2D eigenvalue weighted by atomic mass is 16.9. The summed E-state index contributed by atoms with van der Waals surface area (Å²) in [5, 5.41) is 97.4. The Kier molecular flexibility index (Phi) is 4.26. The molecule has 25 heavy (non-hydrogen) atoms. The van der Waals surface area contributed by atoms with Crippen LogP contribution in [0.1, 0.15) is 5.56 Å². The standard InChI is InChI=1S/C11H14N2O12/c14-4-5-1-6(3-7(2-5)13(23)24)12-8(15,16)10(19,20)25-11(21,22)9(12,17)18/h1-3,14-22H,4H2. The van der Waals surface area contributed by atoms with Crippen molar-refractivity contribution in [2.75, 3.05) is 4.90 Å². The van der Waals surface area contributed by atoms with Gasteiger partial charge in [-0.3, -0.25) is 19.8 Å². The molecule has 14 nitrogen and oxygen atoms in total. The number of aliphatic hydroxyl groups excluding tert-OH is 1. The van der Waals surface area contributed by atoms with Crippen molar-refractivity contribution in [3.05, 3.63) is 33.9 Å². The van der Waals surface area contributed by atoms with Gasteiger partial charge in [-0.05, 0) is 11.6 Å². The van der Waals surface area contributed by atoms with Gasteiger partial charge in [-0.15, -0.1) is 0 Å². The lowest BCUT2D eigenvalue weighted by Crippen LogP contribution is -2.84. The fraction of sp³-hybridized carbons (Fsp3) is 0.455. The van der Waals surface area contributed by atoms with Crippen molar-refractivity contribution in [1.29, 1.82) is 0 Å². The van der Waals surface area contributed by atoms with Crippen LogP contribution in [0.5, 0.6) is 0 Å². The second-order valence-corrected chi connectivity index (χ2v) is 5.20. The van der Waals surface area contributed by atoms with E-state index in [1.807, 2.05) is 0 Å². The van der Waals surface area contributed by atoms with E-state index < -0.39 is 51.6 Å². The molecule has 0 amide bonds. The fourth-order valence-electron chi connectivity index (χ4n) is 2.19. The van der Waals surface area contributed by atoms with Gasteiger partial charge in [0.25, 0.3) is 5.69 Å². The smallest absolute Gasteiger partial charge is 0.362 e. The van der Waals surface area contributed by atoms with E-state index in [0.29, 0.717) is 6.07 Å². The highest BCUT2D eigenvalue weighted by Gasteiger charge is 2.74. The van der Waals surface area contributed by atoms with E-state index in [2.05, 4.69) is 4.74 Å². The number of morpholine rings is 1. The largest absolute Gasteiger partial charge is 0.392 e. The zero-order valence-electron chi connectivity index (χ0n) is 12.1. The summed E-state index contributed by atoms with van der Waals surface area (Å²) in [5.74, 6) is -16.7. The van der Waals surface area contributed by atoms with Crippen LogP contribution in [0.25, 0.3) is 0 Å². The van der Waals surface area contributed by atoms with E-state index in [4.69, 9.17) is 5.11 Å². The van der Waals surface area contributed by atoms with E-state index in [-0.39, 0.29) is 5.56 Å². The highest BCUT2D eigenvalue weighted by molar-refractivity contribution is 5.58. The minimum absolute atomic E-state index is 0.245. The normalized spacial score (nSPS) is 23.3. The Morgan fingerprint density at radius 2 is 1.44 bits per heavy atom. The molecule has 1 aromatic carbocycles. The third kappa shape index (κ3) is 2.81. The monoisotopic (exact) mass is 366 g/mol. The Morgan fingerprint density at radius 1 is 0.960 bits per heavy atom. The molecule has 2 rings (SSSR count). The molecule has 0 bridgehead atoms. The lowest BCUT2D eigenvalue weighted by molar-refractivity contribution is -0.606. The maximum absolute atomic E-state index is 10.9. The van der Waals surface area contributed by atoms with Crippen molar-refractivity contribution in [1.82, 2.24) is 0 Å². The quantitative estimate of drug-likeness (QED) is 0.139. The van der Waals surface area contributed by atoms with Gasteiger partial charge in [0.05, 0.1) is 17.2 Å². The first-order valence-electron chi connectivity index (χ1n) is 6.36. The summed E-state index contributed by atoms with van der Waals surface area (Å²) in [6.45, 7) is -0.820. The van der Waals surface area contributed by atoms with E-state index in [9.17, 15) is 51.0 Å². The van der Waals surface area contributed by atoms with Gasteiger partial charge >= 0.3 is 23.8 Å². The van der Waals surface area contributed by atoms with Crippen LogP contribution in [0.15, 0.2) is 18.2 Å². The summed E-state index contributed by atoms with van der Waals surface area (Å²) in [6, 6.07) is 2.08. The van der Waals surface area contributed by atoms with Gasteiger partial charge in [0.15, 0.2) is 0 Å². The Labute approximate surface area is 137 Å². The molecule has 0 spiro atoms. The lowest BCUT2D eigenvalue weighted by Gasteiger charge is -2.55. The average molecular weight is 366 g/mol. The molecular weight excluding hydrogens is 352 g/mol. The number of rotatable bonds is 3. The zero-order valence-corrected chi connectivity index (χ0v) is 12.1. The van der Waals surface area contributed by atoms with Gasteiger partial charge in [-0.1, -0.05) is 0 Å². The summed E-state index contributed by atoms with van der Waals surface area (Å²) in [6.07, 6.45) is 0. The van der Waals surface area contributed by atoms with Crippen molar-refractivity contribution < 1.29 is 55.6 Å². The Balaban J connectivity index is 2.76. The van der Waals surface area contributed by atoms with Crippen LogP contribution >= 0.6 is 0 Å². The van der Waals surface area contributed by atoms with Crippen LogP contribution in [0.4, 0.5) is 11.4 Å². The molecule has 0 aliphatic carbocycles. The summed E-state index contributed by atoms with van der Waals surface area (Å²) in [4.78, 5) is 9.35. The number of nitrogens with zero attached hydrogens (tertiary/aromatic N) is 2. The molecule has 1 fully saturated rings. The van der Waals surface area contributed by atoms with Crippen molar-refractivity contribution in [3.8, 4) is 0 Å². The Hall–Kier alpha value is -1.98. The molecule has 140 valence electrons. The minimum Gasteiger partial charge on any atom is -0.392 e. The van der Waals surface area contributed by atoms with Crippen LogP contribution in [-0.4, -0.2) is 74.7 Å². The van der Waals surface area contributed by atoms with E-state index >= 15 is 0 Å². The van der Waals surface area contributed by atoms with Gasteiger partial charge in [-0.2, -0.15) is 0 Å². The van der Waals surface area contributed by atoms with Crippen LogP contribution < -0.4 is 4.90 Å². The van der Waals surface area contributed by atoms with E-state index in [0.717, 1.165) is 12.1 Å². The maximum atomic E-state index is 10.9. The number of aliphatic hydroxyl groups is 9. The van der Waals surface area contributed by atoms with Gasteiger partial charge in [0, 0.05) is 12.1 Å². The summed E-state index contributed by atoms with van der Waals surface area (Å²) < 4.78 is 3.67. The molecule has 1 saturated heterocycles. The summed E-state index contributed by atoms with van der Waals surface area (Å²) >= 11 is 0. The van der Waals surface area contributed by atoms with Gasteiger partial charge in [0.1, 0.15) is 0 Å². The average Bonchev–Trinajstić information content (AvgIpc) is 2.43. The maximum Gasteiger partial charge on any atom is 0.362 e. The predicted octanol–water partition coefficient (Wildman–Crippen LogP) is -4.52. The lowest BCUT2D eigenvalue weighted by atomic mass is 10.1. The topological polar surface area (TPSA) is 238 Å². The molecule has 0 radical (unpaired) electrons. The van der Waals surface area contributed by atoms with Gasteiger partial charge in [-0.25, -0.2) is 0 Å². The van der Waals surface area contributed by atoms with E-state index in [1.54, 1.807) is 0 Å². The molecule has 0 unspecified atom stereocenters. The van der Waals surface area contributed by atoms with Crippen molar-refractivity contribution >= 4 is 11.4 Å². The minimum atomic E-state index is -4.20. The highest BCUT2D eigenvalue weighted by Crippen LogP contribution is 2.45. The van der Waals surface area contributed by atoms with Crippen LogP contribution in [0, 0.1) is 10.1 Å². The number of anilines is 1. The van der Waals surface area contributed by atoms with Crippen molar-refractivity contribution in [2.45, 2.75) is 30.4 Å². The van der Waals surface area contributed by atoms with Crippen LogP contribution in [-0.2, 0) is 11.3 Å². The second-order valence-electron chi connectivity index (χ2n) is 5.20. The van der Waals surface area contributed by atoms with Crippen molar-refractivity contribution in [3.63, 3.8) is 0 Å². The number of nitro groups is 1. The molecule has 0 aromatic heterocycles. The Morgan fingerprint density at radius 3 is 1.84 bits per heavy atom. The molecule has 0 saturated carbocycles. The van der Waals surface area contributed by atoms with Crippen LogP contribution in [0.3, 0.4) is 0 Å². The van der Waals surface area contributed by atoms with Gasteiger partial charge in [0.2, 0.25) is 0 Å². The predicted molar refractivity (Wildman–Crippen MR) is 71.3 cm³/mol. The molecule has 1 aliphatic heterocycles. The molecule has 1 aromatic rings. The second kappa shape index (κ2) is 5.51. The molecule has 0 atom stereocenters. The third-order valence-corrected chi connectivity index (χ3v) is 3.40. The fourth-order valence-corrected chi connectivity index (χ4v) is 2.19. The molecule has 1 heterocycles. The number of hydrogen-bond acceptors (Lipinski definition) is 13. The molecule has 14 heteroatoms. The SMILES string of the molecule is O=[N+]([O-])c1cc(CO)cc(N2C(O)(O)C(O)(O)OC(O)(O)C2(O)O)c1. The number of benzene rings is 1. The van der Waals surface area contributed by atoms with Crippen molar-refractivity contribution in [2.24, 2.45) is 0 Å². The summed E-state index contributed by atoms with van der Waals surface area (Å²) in [7, 11) is 0. The van der Waals surface area contributed by atoms with Gasteiger partial charge < -0.3 is 46.0 Å². The van der Waals surface area contributed by atoms with Crippen LogP contribution in [0.2, 0.25) is 0 Å². The zero-order chi connectivity index (χ0) is 19.4. The Bertz CT molecular complexity index is 674.